The molecular weight excluding hydrogens is 386 g/mol. The van der Waals surface area contributed by atoms with Crippen molar-refractivity contribution < 1.29 is 5.11 Å². The number of aryl methyl sites for hydroxylation is 2. The molecule has 1 aromatic carbocycles. The van der Waals surface area contributed by atoms with Crippen molar-refractivity contribution in [3.63, 3.8) is 0 Å². The highest BCUT2D eigenvalue weighted by Crippen LogP contribution is 2.39. The SMILES string of the molecule is CCCCc1nc2cc(N3CCC(c4cccc(O)c4)(N(C)C)CC3)cnc2n1CC. The van der Waals surface area contributed by atoms with Gasteiger partial charge in [-0.15, -0.1) is 0 Å². The van der Waals surface area contributed by atoms with Crippen molar-refractivity contribution in [2.75, 3.05) is 32.1 Å². The van der Waals surface area contributed by atoms with Gasteiger partial charge in [0.1, 0.15) is 17.1 Å². The first-order chi connectivity index (χ1) is 15.0. The van der Waals surface area contributed by atoms with Crippen molar-refractivity contribution in [3.05, 3.63) is 47.9 Å². The molecule has 31 heavy (non-hydrogen) atoms. The maximum atomic E-state index is 10.0. The summed E-state index contributed by atoms with van der Waals surface area (Å²) in [6.07, 6.45) is 7.33. The highest BCUT2D eigenvalue weighted by molar-refractivity contribution is 5.76. The summed E-state index contributed by atoms with van der Waals surface area (Å²) >= 11 is 0. The number of nitrogens with zero attached hydrogens (tertiary/aromatic N) is 5. The molecule has 3 heterocycles. The molecule has 166 valence electrons. The minimum Gasteiger partial charge on any atom is -0.508 e. The van der Waals surface area contributed by atoms with Gasteiger partial charge in [0.25, 0.3) is 0 Å². The number of pyridine rings is 1. The number of phenols is 1. The van der Waals surface area contributed by atoms with Gasteiger partial charge in [0.05, 0.1) is 11.9 Å². The van der Waals surface area contributed by atoms with Crippen molar-refractivity contribution in [1.29, 1.82) is 0 Å². The Balaban J connectivity index is 1.57. The molecule has 6 heteroatoms. The van der Waals surface area contributed by atoms with Crippen LogP contribution in [0.3, 0.4) is 0 Å². The lowest BCUT2D eigenvalue weighted by Gasteiger charge is -2.47. The van der Waals surface area contributed by atoms with Crippen LogP contribution in [0.2, 0.25) is 0 Å². The fourth-order valence-corrected chi connectivity index (χ4v) is 5.00. The Morgan fingerprint density at radius 3 is 2.55 bits per heavy atom. The molecule has 2 aromatic heterocycles. The Hall–Kier alpha value is -2.60. The Labute approximate surface area is 185 Å². The van der Waals surface area contributed by atoms with E-state index in [4.69, 9.17) is 9.97 Å². The normalized spacial score (nSPS) is 16.4. The lowest BCUT2D eigenvalue weighted by atomic mass is 9.79. The Morgan fingerprint density at radius 2 is 1.90 bits per heavy atom. The van der Waals surface area contributed by atoms with Crippen molar-refractivity contribution in [2.45, 2.75) is 58.0 Å². The maximum absolute atomic E-state index is 10.0. The number of aromatic nitrogens is 3. The summed E-state index contributed by atoms with van der Waals surface area (Å²) in [5.41, 5.74) is 4.27. The standard InChI is InChI=1S/C25H35N5O/c1-5-7-11-23-27-22-17-20(18-26-24(22)30(23)6-2)29-14-12-25(13-15-29,28(3)4)19-9-8-10-21(31)16-19/h8-10,16-18,31H,5-7,11-15H2,1-4H3. The molecule has 0 atom stereocenters. The summed E-state index contributed by atoms with van der Waals surface area (Å²) in [6, 6.07) is 9.95. The third-order valence-corrected chi connectivity index (χ3v) is 6.92. The second kappa shape index (κ2) is 8.87. The summed E-state index contributed by atoms with van der Waals surface area (Å²) < 4.78 is 2.25. The molecule has 0 bridgehead atoms. The molecule has 6 nitrogen and oxygen atoms in total. The van der Waals surface area contributed by atoms with Gasteiger partial charge in [-0.2, -0.15) is 0 Å². The lowest BCUT2D eigenvalue weighted by Crippen LogP contribution is -2.50. The van der Waals surface area contributed by atoms with E-state index >= 15 is 0 Å². The van der Waals surface area contributed by atoms with E-state index in [1.54, 1.807) is 6.07 Å². The zero-order valence-corrected chi connectivity index (χ0v) is 19.3. The highest BCUT2D eigenvalue weighted by atomic mass is 16.3. The summed E-state index contributed by atoms with van der Waals surface area (Å²) in [7, 11) is 4.28. The third kappa shape index (κ3) is 4.01. The molecule has 0 amide bonds. The number of aromatic hydroxyl groups is 1. The van der Waals surface area contributed by atoms with Gasteiger partial charge in [-0.05, 0) is 64.0 Å². The van der Waals surface area contributed by atoms with Crippen LogP contribution < -0.4 is 4.90 Å². The quantitative estimate of drug-likeness (QED) is 0.606. The first-order valence-corrected chi connectivity index (χ1v) is 11.6. The van der Waals surface area contributed by atoms with E-state index in [9.17, 15) is 5.11 Å². The fraction of sp³-hybridized carbons (Fsp3) is 0.520. The predicted octanol–water partition coefficient (Wildman–Crippen LogP) is 4.56. The average molecular weight is 422 g/mol. The molecule has 1 N–H and O–H groups in total. The van der Waals surface area contributed by atoms with Crippen molar-refractivity contribution in [3.8, 4) is 5.75 Å². The molecule has 1 saturated heterocycles. The van der Waals surface area contributed by atoms with E-state index in [1.165, 1.54) is 12.0 Å². The van der Waals surface area contributed by atoms with Crippen LogP contribution >= 0.6 is 0 Å². The molecule has 1 fully saturated rings. The van der Waals surface area contributed by atoms with Gasteiger partial charge < -0.3 is 14.6 Å². The molecule has 0 aliphatic carbocycles. The number of benzene rings is 1. The molecule has 1 aliphatic rings. The number of phenolic OH excluding ortho intramolecular Hbond substituents is 1. The first-order valence-electron chi connectivity index (χ1n) is 11.6. The van der Waals surface area contributed by atoms with Crippen LogP contribution in [0.25, 0.3) is 11.2 Å². The summed E-state index contributed by atoms with van der Waals surface area (Å²) in [4.78, 5) is 14.5. The van der Waals surface area contributed by atoms with Crippen LogP contribution in [0.15, 0.2) is 36.5 Å². The molecule has 0 radical (unpaired) electrons. The molecule has 0 spiro atoms. The molecule has 4 rings (SSSR count). The Kier molecular flexibility index (Phi) is 6.19. The zero-order chi connectivity index (χ0) is 22.0. The van der Waals surface area contributed by atoms with E-state index in [0.29, 0.717) is 5.75 Å². The highest BCUT2D eigenvalue weighted by Gasteiger charge is 2.38. The smallest absolute Gasteiger partial charge is 0.160 e. The molecule has 0 unspecified atom stereocenters. The van der Waals surface area contributed by atoms with Gasteiger partial charge in [-0.25, -0.2) is 9.97 Å². The maximum Gasteiger partial charge on any atom is 0.160 e. The van der Waals surface area contributed by atoms with Gasteiger partial charge in [0.15, 0.2) is 5.65 Å². The van der Waals surface area contributed by atoms with Gasteiger partial charge in [-0.3, -0.25) is 4.90 Å². The number of imidazole rings is 1. The largest absolute Gasteiger partial charge is 0.508 e. The van der Waals surface area contributed by atoms with E-state index < -0.39 is 0 Å². The van der Waals surface area contributed by atoms with Crippen LogP contribution in [0.5, 0.6) is 5.75 Å². The number of hydrogen-bond acceptors (Lipinski definition) is 5. The topological polar surface area (TPSA) is 57.4 Å². The van der Waals surface area contributed by atoms with E-state index in [1.807, 2.05) is 18.3 Å². The van der Waals surface area contributed by atoms with Gasteiger partial charge >= 0.3 is 0 Å². The number of piperidine rings is 1. The van der Waals surface area contributed by atoms with Crippen LogP contribution in [0.1, 0.15) is 50.9 Å². The first kappa shape index (κ1) is 21.6. The second-order valence-corrected chi connectivity index (χ2v) is 8.88. The van der Waals surface area contributed by atoms with Gasteiger partial charge in [0.2, 0.25) is 0 Å². The second-order valence-electron chi connectivity index (χ2n) is 8.88. The number of unbranched alkanes of at least 4 members (excludes halogenated alkanes) is 1. The number of fused-ring (bicyclic) bond motifs is 1. The molecular formula is C25H35N5O. The predicted molar refractivity (Wildman–Crippen MR) is 127 cm³/mol. The molecule has 0 saturated carbocycles. The van der Waals surface area contributed by atoms with Crippen molar-refractivity contribution >= 4 is 16.9 Å². The number of hydrogen-bond donors (Lipinski definition) is 1. The zero-order valence-electron chi connectivity index (χ0n) is 19.3. The monoisotopic (exact) mass is 421 g/mol. The Morgan fingerprint density at radius 1 is 1.13 bits per heavy atom. The van der Waals surface area contributed by atoms with Crippen LogP contribution in [0.4, 0.5) is 5.69 Å². The lowest BCUT2D eigenvalue weighted by molar-refractivity contribution is 0.115. The van der Waals surface area contributed by atoms with Crippen LogP contribution in [-0.2, 0) is 18.5 Å². The number of rotatable bonds is 7. The molecule has 3 aromatic rings. The summed E-state index contributed by atoms with van der Waals surface area (Å²) in [5, 5.41) is 10.0. The third-order valence-electron chi connectivity index (χ3n) is 6.92. The van der Waals surface area contributed by atoms with Gasteiger partial charge in [0, 0.05) is 31.6 Å². The summed E-state index contributed by atoms with van der Waals surface area (Å²) in [6.45, 7) is 7.17. The van der Waals surface area contributed by atoms with Crippen LogP contribution in [-0.4, -0.2) is 51.7 Å². The Bertz CT molecular complexity index is 1030. The van der Waals surface area contributed by atoms with E-state index in [0.717, 1.165) is 68.0 Å². The van der Waals surface area contributed by atoms with Crippen molar-refractivity contribution in [1.82, 2.24) is 19.4 Å². The van der Waals surface area contributed by atoms with E-state index in [-0.39, 0.29) is 5.54 Å². The number of anilines is 1. The fourth-order valence-electron chi connectivity index (χ4n) is 5.00. The minimum absolute atomic E-state index is 0.0656. The minimum atomic E-state index is -0.0656. The molecule has 1 aliphatic heterocycles. The summed E-state index contributed by atoms with van der Waals surface area (Å²) in [5.74, 6) is 1.49. The van der Waals surface area contributed by atoms with E-state index in [2.05, 4.69) is 54.4 Å². The average Bonchev–Trinajstić information content (AvgIpc) is 3.14. The van der Waals surface area contributed by atoms with Gasteiger partial charge in [-0.1, -0.05) is 25.5 Å². The van der Waals surface area contributed by atoms with Crippen LogP contribution in [0, 0.1) is 0 Å². The van der Waals surface area contributed by atoms with Crippen molar-refractivity contribution in [2.24, 2.45) is 0 Å².